The predicted octanol–water partition coefficient (Wildman–Crippen LogP) is 0.725. The molecule has 0 saturated heterocycles. The van der Waals surface area contributed by atoms with Crippen molar-refractivity contribution in [1.29, 1.82) is 0 Å². The van der Waals surface area contributed by atoms with Gasteiger partial charge in [0.15, 0.2) is 0 Å². The normalized spacial score (nSPS) is 6.83. The number of hydrogen-bond acceptors (Lipinski definition) is 0. The van der Waals surface area contributed by atoms with Crippen molar-refractivity contribution in [3.8, 4) is 0 Å². The quantitative estimate of drug-likeness (QED) is 0.440. The van der Waals surface area contributed by atoms with Crippen molar-refractivity contribution in [2.24, 2.45) is 0 Å². The van der Waals surface area contributed by atoms with Gasteiger partial charge in [-0.25, -0.2) is 0 Å². The van der Waals surface area contributed by atoms with Gasteiger partial charge in [0, 0.05) is 0 Å². The number of unbranched alkanes of at least 4 members (excludes halogenated alkanes) is 1. The van der Waals surface area contributed by atoms with Crippen LogP contribution in [-0.2, 0) is 0 Å². The molecule has 0 N–H and O–H groups in total. The molecule has 0 aromatic heterocycles. The first-order chi connectivity index (χ1) is 2.41. The first-order valence-electron chi connectivity index (χ1n) is 2.12. The van der Waals surface area contributed by atoms with Crippen LogP contribution in [0.25, 0.3) is 0 Å². The Bertz CT molecular complexity index is 15.0. The van der Waals surface area contributed by atoms with Crippen molar-refractivity contribution in [3.05, 3.63) is 0 Å². The number of hydrogen-bond donors (Lipinski definition) is 0. The third kappa shape index (κ3) is 8.93. The van der Waals surface area contributed by atoms with Crippen LogP contribution in [-0.4, -0.2) is 35.2 Å². The maximum atomic E-state index is 2.70. The molecule has 0 spiro atoms. The van der Waals surface area contributed by atoms with Gasteiger partial charge >= 0.3 is 18.9 Å². The zero-order valence-electron chi connectivity index (χ0n) is 3.70. The van der Waals surface area contributed by atoms with E-state index in [0.717, 1.165) is 0 Å². The van der Waals surface area contributed by atoms with Gasteiger partial charge in [-0.05, 0) is 0 Å². The second kappa shape index (κ2) is 9.46. The van der Waals surface area contributed by atoms with Gasteiger partial charge in [0.1, 0.15) is 16.3 Å². The molecule has 0 bridgehead atoms. The molecule has 0 saturated carbocycles. The van der Waals surface area contributed by atoms with Gasteiger partial charge in [-0.1, -0.05) is 19.8 Å². The van der Waals surface area contributed by atoms with Crippen LogP contribution >= 0.6 is 0 Å². The van der Waals surface area contributed by atoms with Crippen LogP contribution in [0.1, 0.15) is 19.8 Å². The maximum absolute atomic E-state index is 2.70. The monoisotopic (exact) mass is 92.1 g/mol. The Morgan fingerprint density at radius 1 is 1.50 bits per heavy atom. The fraction of sp³-hybridized carbons (Fsp3) is 1.00. The fourth-order valence-corrected chi connectivity index (χ4v) is 0.612. The van der Waals surface area contributed by atoms with E-state index in [1.807, 2.05) is 0 Å². The van der Waals surface area contributed by atoms with E-state index in [0.29, 0.717) is 0 Å². The molecule has 0 aliphatic carbocycles. The molecule has 2 radical (unpaired) electrons. The molecule has 30 valence electrons. The summed E-state index contributed by atoms with van der Waals surface area (Å²) < 4.78 is 0. The van der Waals surface area contributed by atoms with Gasteiger partial charge in [-0.2, -0.15) is 0 Å². The Kier molecular flexibility index (Phi) is 16.0. The van der Waals surface area contributed by atoms with Crippen LogP contribution in [0.4, 0.5) is 0 Å². The average molecular weight is 92.0 g/mol. The summed E-state index contributed by atoms with van der Waals surface area (Å²) in [6.45, 7) is 2.20. The van der Waals surface area contributed by atoms with Gasteiger partial charge < -0.3 is 0 Å². The average Bonchev–Trinajstić information content (AvgIpc) is 1.41. The third-order valence-corrected chi connectivity index (χ3v) is 0.966. The number of rotatable bonds is 2. The van der Waals surface area contributed by atoms with Crippen molar-refractivity contribution in [2.75, 3.05) is 0 Å². The van der Waals surface area contributed by atoms with Gasteiger partial charge in [0.2, 0.25) is 0 Å². The summed E-state index contributed by atoms with van der Waals surface area (Å²) in [4.78, 5) is 0. The minimum absolute atomic E-state index is 0. The molecule has 0 fully saturated rings. The summed E-state index contributed by atoms with van der Waals surface area (Å²) in [5.74, 6) is 0. The van der Waals surface area contributed by atoms with E-state index in [2.05, 4.69) is 23.2 Å². The molecule has 0 amide bonds. The van der Waals surface area contributed by atoms with E-state index in [1.54, 1.807) is 0 Å². The molecular weight excluding hydrogens is 82.0 g/mol. The molecule has 0 aromatic rings. The van der Waals surface area contributed by atoms with Gasteiger partial charge in [-0.15, -0.1) is 5.28 Å². The molecule has 0 unspecified atom stereocenters. The van der Waals surface area contributed by atoms with E-state index in [4.69, 9.17) is 0 Å². The molecule has 6 heavy (non-hydrogen) atoms. The van der Waals surface area contributed by atoms with E-state index < -0.39 is 0 Å². The van der Waals surface area contributed by atoms with Crippen LogP contribution in [0.15, 0.2) is 0 Å². The summed E-state index contributed by atoms with van der Waals surface area (Å²) in [6, 6.07) is 0. The second-order valence-corrected chi connectivity index (χ2v) is 1.72. The van der Waals surface area contributed by atoms with Crippen molar-refractivity contribution >= 4 is 35.2 Å². The summed E-state index contributed by atoms with van der Waals surface area (Å²) in [5, 5.41) is 1.26. The van der Waals surface area contributed by atoms with E-state index in [1.165, 1.54) is 18.1 Å². The van der Waals surface area contributed by atoms with Gasteiger partial charge in [0.05, 0.1) is 0 Å². The van der Waals surface area contributed by atoms with Crippen LogP contribution < -0.4 is 0 Å². The molecular formula is C4H10AlLi. The van der Waals surface area contributed by atoms with Crippen LogP contribution in [0.5, 0.6) is 0 Å². The Labute approximate surface area is 60.3 Å². The van der Waals surface area contributed by atoms with Gasteiger partial charge in [-0.3, -0.25) is 0 Å². The Morgan fingerprint density at radius 3 is 2.00 bits per heavy atom. The van der Waals surface area contributed by atoms with Crippen molar-refractivity contribution in [1.82, 2.24) is 0 Å². The molecule has 0 heterocycles. The standard InChI is InChI=1S/C4H9.Al.Li.H/c1-3-4-2;;;/h1,3-4H2,2H3;;;. The SMILES string of the molecule is CCC[CH2][Al].[LiH]. The molecule has 0 aromatic carbocycles. The van der Waals surface area contributed by atoms with Crippen LogP contribution in [0, 0.1) is 0 Å². The fourth-order valence-electron chi connectivity index (χ4n) is 0.204. The summed E-state index contributed by atoms with van der Waals surface area (Å²) in [6.07, 6.45) is 2.67. The van der Waals surface area contributed by atoms with Crippen molar-refractivity contribution < 1.29 is 0 Å². The van der Waals surface area contributed by atoms with E-state index in [9.17, 15) is 0 Å². The zero-order valence-corrected chi connectivity index (χ0v) is 4.85. The molecule has 0 rings (SSSR count). The first-order valence-corrected chi connectivity index (χ1v) is 2.93. The molecule has 0 aliphatic rings. The topological polar surface area (TPSA) is 0 Å². The molecule has 0 nitrogen and oxygen atoms in total. The minimum atomic E-state index is 0. The Morgan fingerprint density at radius 2 is 2.00 bits per heavy atom. The molecule has 0 atom stereocenters. The predicted molar refractivity (Wildman–Crippen MR) is 32.6 cm³/mol. The van der Waals surface area contributed by atoms with Crippen LogP contribution in [0.2, 0.25) is 5.28 Å². The van der Waals surface area contributed by atoms with Crippen LogP contribution in [0.3, 0.4) is 0 Å². The van der Waals surface area contributed by atoms with Crippen molar-refractivity contribution in [2.45, 2.75) is 25.0 Å². The second-order valence-electron chi connectivity index (χ2n) is 1.14. The summed E-state index contributed by atoms with van der Waals surface area (Å²) >= 11 is 2.70. The van der Waals surface area contributed by atoms with E-state index >= 15 is 0 Å². The molecule has 2 heteroatoms. The van der Waals surface area contributed by atoms with E-state index in [-0.39, 0.29) is 18.9 Å². The van der Waals surface area contributed by atoms with Gasteiger partial charge in [0.25, 0.3) is 0 Å². The first kappa shape index (κ1) is 10.2. The third-order valence-electron chi connectivity index (χ3n) is 0.558. The zero-order chi connectivity index (χ0) is 4.12. The summed E-state index contributed by atoms with van der Waals surface area (Å²) in [5.41, 5.74) is 0. The van der Waals surface area contributed by atoms with Crippen molar-refractivity contribution in [3.63, 3.8) is 0 Å². The summed E-state index contributed by atoms with van der Waals surface area (Å²) in [7, 11) is 0. The Hall–Kier alpha value is 1.13. The Balaban J connectivity index is 0. The molecule has 0 aliphatic heterocycles.